The second-order valence-corrected chi connectivity index (χ2v) is 6.87. The van der Waals surface area contributed by atoms with Crippen LogP contribution in [0.1, 0.15) is 37.3 Å². The van der Waals surface area contributed by atoms with E-state index in [9.17, 15) is 4.79 Å². The molecule has 0 unspecified atom stereocenters. The molecule has 27 heavy (non-hydrogen) atoms. The van der Waals surface area contributed by atoms with Crippen LogP contribution in [0.25, 0.3) is 10.9 Å². The molecule has 1 amide bonds. The number of anilines is 1. The number of carbonyl (C=O) groups excluding carboxylic acids is 1. The fraction of sp³-hybridized carbons (Fsp3) is 0.318. The van der Waals surface area contributed by atoms with Crippen molar-refractivity contribution in [3.63, 3.8) is 0 Å². The summed E-state index contributed by atoms with van der Waals surface area (Å²) in [6.45, 7) is 2.36. The first-order valence-corrected chi connectivity index (χ1v) is 9.52. The maximum atomic E-state index is 12.5. The van der Waals surface area contributed by atoms with E-state index in [4.69, 9.17) is 9.47 Å². The highest BCUT2D eigenvalue weighted by atomic mass is 16.7. The molecule has 140 valence electrons. The van der Waals surface area contributed by atoms with Crippen LogP contribution in [0.3, 0.4) is 0 Å². The number of benzene rings is 2. The molecule has 0 aliphatic carbocycles. The average molecular weight is 364 g/mol. The zero-order valence-electron chi connectivity index (χ0n) is 15.5. The number of amides is 1. The maximum Gasteiger partial charge on any atom is 0.231 e. The summed E-state index contributed by atoms with van der Waals surface area (Å²) in [5.74, 6) is 1.49. The van der Waals surface area contributed by atoms with Gasteiger partial charge >= 0.3 is 0 Å². The lowest BCUT2D eigenvalue weighted by Gasteiger charge is -2.12. The normalized spacial score (nSPS) is 12.5. The number of para-hydroxylation sites is 1. The molecule has 1 aromatic heterocycles. The predicted octanol–water partition coefficient (Wildman–Crippen LogP) is 4.81. The molecular formula is C22H24N2O3. The summed E-state index contributed by atoms with van der Waals surface area (Å²) >= 11 is 0. The molecule has 2 N–H and O–H groups in total. The van der Waals surface area contributed by atoms with Gasteiger partial charge in [-0.2, -0.15) is 0 Å². The smallest absolute Gasteiger partial charge is 0.231 e. The molecule has 5 nitrogen and oxygen atoms in total. The van der Waals surface area contributed by atoms with Gasteiger partial charge in [-0.05, 0) is 42.5 Å². The van der Waals surface area contributed by atoms with Crippen LogP contribution in [0.5, 0.6) is 11.5 Å². The molecule has 0 saturated heterocycles. The standard InChI is InChI=1S/C22H24N2O3/c1-2-6-15-11-20-21(27-14-26-20)12-19(15)24-22(25)10-5-7-16-13-23-18-9-4-3-8-17(16)18/h3-4,8-9,11-13,23H,2,5-7,10,14H2,1H3,(H,24,25). The average Bonchev–Trinajstić information content (AvgIpc) is 3.29. The number of rotatable bonds is 7. The van der Waals surface area contributed by atoms with Crippen molar-refractivity contribution >= 4 is 22.5 Å². The zero-order valence-corrected chi connectivity index (χ0v) is 15.5. The molecule has 2 aromatic carbocycles. The lowest BCUT2D eigenvalue weighted by atomic mass is 10.1. The number of H-pyrrole nitrogens is 1. The molecule has 5 heteroatoms. The molecule has 4 rings (SSSR count). The molecular weight excluding hydrogens is 340 g/mol. The predicted molar refractivity (Wildman–Crippen MR) is 106 cm³/mol. The minimum atomic E-state index is 0.0334. The van der Waals surface area contributed by atoms with Crippen LogP contribution < -0.4 is 14.8 Å². The zero-order chi connectivity index (χ0) is 18.6. The van der Waals surface area contributed by atoms with E-state index in [1.54, 1.807) is 0 Å². The van der Waals surface area contributed by atoms with Gasteiger partial charge in [0, 0.05) is 35.3 Å². The highest BCUT2D eigenvalue weighted by molar-refractivity contribution is 5.92. The van der Waals surface area contributed by atoms with Gasteiger partial charge < -0.3 is 19.8 Å². The number of fused-ring (bicyclic) bond motifs is 2. The highest BCUT2D eigenvalue weighted by Crippen LogP contribution is 2.37. The molecule has 0 radical (unpaired) electrons. The van der Waals surface area contributed by atoms with Crippen LogP contribution in [0.2, 0.25) is 0 Å². The minimum absolute atomic E-state index is 0.0334. The molecule has 1 aliphatic rings. The van der Waals surface area contributed by atoms with Crippen molar-refractivity contribution < 1.29 is 14.3 Å². The first kappa shape index (κ1) is 17.5. The highest BCUT2D eigenvalue weighted by Gasteiger charge is 2.18. The van der Waals surface area contributed by atoms with Gasteiger partial charge in [0.15, 0.2) is 11.5 Å². The summed E-state index contributed by atoms with van der Waals surface area (Å²) in [6, 6.07) is 12.1. The van der Waals surface area contributed by atoms with Gasteiger partial charge in [0.05, 0.1) is 0 Å². The van der Waals surface area contributed by atoms with E-state index >= 15 is 0 Å². The maximum absolute atomic E-state index is 12.5. The van der Waals surface area contributed by atoms with Crippen LogP contribution in [0.15, 0.2) is 42.6 Å². The molecule has 0 atom stereocenters. The van der Waals surface area contributed by atoms with Crippen LogP contribution in [-0.2, 0) is 17.6 Å². The van der Waals surface area contributed by atoms with Gasteiger partial charge in [-0.3, -0.25) is 4.79 Å². The number of aromatic amines is 1. The largest absolute Gasteiger partial charge is 0.454 e. The summed E-state index contributed by atoms with van der Waals surface area (Å²) in [4.78, 5) is 15.8. The second-order valence-electron chi connectivity index (χ2n) is 6.87. The van der Waals surface area contributed by atoms with E-state index in [-0.39, 0.29) is 12.7 Å². The van der Waals surface area contributed by atoms with Gasteiger partial charge in [0.1, 0.15) is 0 Å². The number of carbonyl (C=O) groups is 1. The van der Waals surface area contributed by atoms with Gasteiger partial charge in [-0.15, -0.1) is 0 Å². The number of hydrogen-bond donors (Lipinski definition) is 2. The number of hydrogen-bond acceptors (Lipinski definition) is 3. The lowest BCUT2D eigenvalue weighted by molar-refractivity contribution is -0.116. The van der Waals surface area contributed by atoms with Crippen LogP contribution in [0.4, 0.5) is 5.69 Å². The van der Waals surface area contributed by atoms with E-state index in [1.165, 1.54) is 10.9 Å². The van der Waals surface area contributed by atoms with E-state index in [0.717, 1.165) is 48.2 Å². The summed E-state index contributed by atoms with van der Waals surface area (Å²) in [5, 5.41) is 4.30. The van der Waals surface area contributed by atoms with Gasteiger partial charge in [-0.25, -0.2) is 0 Å². The third-order valence-electron chi connectivity index (χ3n) is 4.92. The number of aromatic nitrogens is 1. The molecule has 0 spiro atoms. The Morgan fingerprint density at radius 1 is 1.11 bits per heavy atom. The molecule has 1 aliphatic heterocycles. The number of aryl methyl sites for hydroxylation is 2. The van der Waals surface area contributed by atoms with Crippen molar-refractivity contribution in [1.29, 1.82) is 0 Å². The number of nitrogens with one attached hydrogen (secondary N) is 2. The molecule has 0 fully saturated rings. The Kier molecular flexibility index (Phi) is 5.01. The summed E-state index contributed by atoms with van der Waals surface area (Å²) < 4.78 is 10.9. The molecule has 0 bridgehead atoms. The topological polar surface area (TPSA) is 63.4 Å². The monoisotopic (exact) mass is 364 g/mol. The third kappa shape index (κ3) is 3.77. The Bertz CT molecular complexity index is 961. The van der Waals surface area contributed by atoms with Crippen LogP contribution >= 0.6 is 0 Å². The van der Waals surface area contributed by atoms with Crippen LogP contribution in [-0.4, -0.2) is 17.7 Å². The third-order valence-corrected chi connectivity index (χ3v) is 4.92. The van der Waals surface area contributed by atoms with E-state index in [0.29, 0.717) is 12.2 Å². The van der Waals surface area contributed by atoms with Crippen LogP contribution in [0, 0.1) is 0 Å². The fourth-order valence-corrected chi connectivity index (χ4v) is 3.57. The Morgan fingerprint density at radius 3 is 2.78 bits per heavy atom. The molecule has 3 aromatic rings. The van der Waals surface area contributed by atoms with Crippen molar-refractivity contribution in [2.45, 2.75) is 39.0 Å². The van der Waals surface area contributed by atoms with Gasteiger partial charge in [0.25, 0.3) is 0 Å². The van der Waals surface area contributed by atoms with E-state index in [1.807, 2.05) is 30.5 Å². The number of ether oxygens (including phenoxy) is 2. The summed E-state index contributed by atoms with van der Waals surface area (Å²) in [7, 11) is 0. The molecule has 2 heterocycles. The van der Waals surface area contributed by atoms with Crippen molar-refractivity contribution in [1.82, 2.24) is 4.98 Å². The second kappa shape index (κ2) is 7.74. The Morgan fingerprint density at radius 2 is 1.93 bits per heavy atom. The van der Waals surface area contributed by atoms with E-state index in [2.05, 4.69) is 29.4 Å². The SMILES string of the molecule is CCCc1cc2c(cc1NC(=O)CCCc1c[nH]c3ccccc13)OCO2. The summed E-state index contributed by atoms with van der Waals surface area (Å²) in [5.41, 5.74) is 4.32. The van der Waals surface area contributed by atoms with Gasteiger partial charge in [-0.1, -0.05) is 31.5 Å². The fourth-order valence-electron chi connectivity index (χ4n) is 3.57. The van der Waals surface area contributed by atoms with Crippen molar-refractivity contribution in [3.05, 3.63) is 53.7 Å². The molecule has 0 saturated carbocycles. The van der Waals surface area contributed by atoms with Crippen molar-refractivity contribution in [3.8, 4) is 11.5 Å². The Balaban J connectivity index is 1.38. The van der Waals surface area contributed by atoms with E-state index < -0.39 is 0 Å². The Hall–Kier alpha value is -2.95. The minimum Gasteiger partial charge on any atom is -0.454 e. The summed E-state index contributed by atoms with van der Waals surface area (Å²) in [6.07, 6.45) is 6.10. The first-order chi connectivity index (χ1) is 13.2. The van der Waals surface area contributed by atoms with Crippen molar-refractivity contribution in [2.75, 3.05) is 12.1 Å². The van der Waals surface area contributed by atoms with Crippen molar-refractivity contribution in [2.24, 2.45) is 0 Å². The Labute approximate surface area is 158 Å². The lowest BCUT2D eigenvalue weighted by Crippen LogP contribution is -2.13. The first-order valence-electron chi connectivity index (χ1n) is 9.52. The van der Waals surface area contributed by atoms with Gasteiger partial charge in [0.2, 0.25) is 12.7 Å². The quantitative estimate of drug-likeness (QED) is 0.632.